The summed E-state index contributed by atoms with van der Waals surface area (Å²) in [5, 5.41) is 3.41. The van der Waals surface area contributed by atoms with Crippen LogP contribution in [0.4, 0.5) is 0 Å². The van der Waals surface area contributed by atoms with Gasteiger partial charge in [0.25, 0.3) is 0 Å². The van der Waals surface area contributed by atoms with Crippen molar-refractivity contribution in [2.75, 3.05) is 20.2 Å². The zero-order valence-corrected chi connectivity index (χ0v) is 11.7. The fourth-order valence-electron chi connectivity index (χ4n) is 1.89. The van der Waals surface area contributed by atoms with Crippen LogP contribution in [0.5, 0.6) is 5.75 Å². The summed E-state index contributed by atoms with van der Waals surface area (Å²) in [6, 6.07) is 8.23. The van der Waals surface area contributed by atoms with Gasteiger partial charge in [-0.2, -0.15) is 0 Å². The number of methoxy groups -OCH3 is 1. The summed E-state index contributed by atoms with van der Waals surface area (Å²) >= 11 is 0. The molecule has 100 valence electrons. The quantitative estimate of drug-likeness (QED) is 0.532. The maximum absolute atomic E-state index is 5.15. The van der Waals surface area contributed by atoms with Crippen molar-refractivity contribution < 1.29 is 4.74 Å². The monoisotopic (exact) mass is 247 g/mol. The van der Waals surface area contributed by atoms with Gasteiger partial charge < -0.3 is 10.1 Å². The van der Waals surface area contributed by atoms with E-state index >= 15 is 0 Å². The molecule has 1 aromatic carbocycles. The molecule has 0 bridgehead atoms. The number of allylic oxidation sites excluding steroid dienone is 1. The Hall–Kier alpha value is -1.28. The van der Waals surface area contributed by atoms with Gasteiger partial charge in [0.2, 0.25) is 0 Å². The van der Waals surface area contributed by atoms with E-state index in [9.17, 15) is 0 Å². The molecule has 1 rings (SSSR count). The standard InChI is InChI=1S/C16H25NO/c1-4-11-17-12-5-6-14(2)13-15-7-9-16(18-3)10-8-15/h7-10,17H,2,4-6,11-13H2,1,3H3. The Kier molecular flexibility index (Phi) is 7.19. The molecule has 0 fully saturated rings. The highest BCUT2D eigenvalue weighted by atomic mass is 16.5. The average Bonchev–Trinajstić information content (AvgIpc) is 2.39. The maximum atomic E-state index is 5.15. The number of rotatable bonds is 9. The molecule has 0 saturated carbocycles. The fraction of sp³-hybridized carbons (Fsp3) is 0.500. The van der Waals surface area contributed by atoms with Crippen molar-refractivity contribution in [1.82, 2.24) is 5.32 Å². The first-order chi connectivity index (χ1) is 8.76. The minimum absolute atomic E-state index is 0.910. The van der Waals surface area contributed by atoms with Crippen LogP contribution in [0, 0.1) is 0 Å². The van der Waals surface area contributed by atoms with E-state index in [4.69, 9.17) is 4.74 Å². The first-order valence-electron chi connectivity index (χ1n) is 6.76. The second-order valence-corrected chi connectivity index (χ2v) is 4.63. The summed E-state index contributed by atoms with van der Waals surface area (Å²) in [6.07, 6.45) is 4.45. The molecule has 18 heavy (non-hydrogen) atoms. The zero-order valence-electron chi connectivity index (χ0n) is 11.7. The van der Waals surface area contributed by atoms with Crippen LogP contribution < -0.4 is 10.1 Å². The Labute approximate surface area is 111 Å². The predicted molar refractivity (Wildman–Crippen MR) is 78.2 cm³/mol. The number of benzene rings is 1. The number of hydrogen-bond donors (Lipinski definition) is 1. The summed E-state index contributed by atoms with van der Waals surface area (Å²) in [4.78, 5) is 0. The largest absolute Gasteiger partial charge is 0.497 e. The van der Waals surface area contributed by atoms with E-state index in [1.54, 1.807) is 7.11 Å². The molecule has 1 N–H and O–H groups in total. The van der Waals surface area contributed by atoms with Crippen molar-refractivity contribution in [3.05, 3.63) is 42.0 Å². The lowest BCUT2D eigenvalue weighted by atomic mass is 10.0. The van der Waals surface area contributed by atoms with Gasteiger partial charge in [-0.15, -0.1) is 0 Å². The van der Waals surface area contributed by atoms with Crippen molar-refractivity contribution in [2.45, 2.75) is 32.6 Å². The molecule has 0 radical (unpaired) electrons. The van der Waals surface area contributed by atoms with Gasteiger partial charge in [0.1, 0.15) is 5.75 Å². The maximum Gasteiger partial charge on any atom is 0.118 e. The van der Waals surface area contributed by atoms with E-state index < -0.39 is 0 Å². The third-order valence-electron chi connectivity index (χ3n) is 2.92. The molecule has 2 nitrogen and oxygen atoms in total. The zero-order chi connectivity index (χ0) is 13.2. The molecule has 0 atom stereocenters. The van der Waals surface area contributed by atoms with Crippen LogP contribution in [0.2, 0.25) is 0 Å². The molecule has 0 aromatic heterocycles. The van der Waals surface area contributed by atoms with E-state index in [1.165, 1.54) is 24.0 Å². The molecule has 0 aliphatic carbocycles. The molecule has 0 amide bonds. The number of ether oxygens (including phenoxy) is 1. The lowest BCUT2D eigenvalue weighted by Gasteiger charge is -2.07. The summed E-state index contributed by atoms with van der Waals surface area (Å²) in [7, 11) is 1.69. The summed E-state index contributed by atoms with van der Waals surface area (Å²) in [6.45, 7) is 8.55. The van der Waals surface area contributed by atoms with Crippen LogP contribution in [-0.4, -0.2) is 20.2 Å². The van der Waals surface area contributed by atoms with E-state index in [0.29, 0.717) is 0 Å². The van der Waals surface area contributed by atoms with Gasteiger partial charge >= 0.3 is 0 Å². The molecule has 0 unspecified atom stereocenters. The molecule has 0 spiro atoms. The Morgan fingerprint density at radius 3 is 2.56 bits per heavy atom. The van der Waals surface area contributed by atoms with Gasteiger partial charge in [-0.05, 0) is 56.5 Å². The molecule has 1 aromatic rings. The first kappa shape index (κ1) is 14.8. The van der Waals surface area contributed by atoms with Gasteiger partial charge in [-0.1, -0.05) is 31.2 Å². The Morgan fingerprint density at radius 1 is 1.22 bits per heavy atom. The van der Waals surface area contributed by atoms with E-state index in [1.807, 2.05) is 12.1 Å². The highest BCUT2D eigenvalue weighted by molar-refractivity contribution is 5.29. The van der Waals surface area contributed by atoms with Crippen LogP contribution in [0.3, 0.4) is 0 Å². The van der Waals surface area contributed by atoms with Crippen molar-refractivity contribution in [3.63, 3.8) is 0 Å². The molecule has 0 heterocycles. The molecule has 0 saturated heterocycles. The molecular weight excluding hydrogens is 222 g/mol. The predicted octanol–water partition coefficient (Wildman–Crippen LogP) is 3.57. The number of hydrogen-bond acceptors (Lipinski definition) is 2. The van der Waals surface area contributed by atoms with Crippen LogP contribution >= 0.6 is 0 Å². The van der Waals surface area contributed by atoms with Crippen LogP contribution in [0.25, 0.3) is 0 Å². The molecule has 0 aliphatic rings. The Bertz CT molecular complexity index is 343. The third-order valence-corrected chi connectivity index (χ3v) is 2.92. The Morgan fingerprint density at radius 2 is 1.94 bits per heavy atom. The van der Waals surface area contributed by atoms with Crippen molar-refractivity contribution in [1.29, 1.82) is 0 Å². The number of nitrogens with one attached hydrogen (secondary N) is 1. The van der Waals surface area contributed by atoms with Gasteiger partial charge in [-0.25, -0.2) is 0 Å². The van der Waals surface area contributed by atoms with Crippen molar-refractivity contribution >= 4 is 0 Å². The highest BCUT2D eigenvalue weighted by Crippen LogP contribution is 2.15. The molecular formula is C16H25NO. The lowest BCUT2D eigenvalue weighted by molar-refractivity contribution is 0.414. The lowest BCUT2D eigenvalue weighted by Crippen LogP contribution is -2.15. The highest BCUT2D eigenvalue weighted by Gasteiger charge is 1.99. The third kappa shape index (κ3) is 5.87. The van der Waals surface area contributed by atoms with Gasteiger partial charge in [0.15, 0.2) is 0 Å². The topological polar surface area (TPSA) is 21.3 Å². The minimum Gasteiger partial charge on any atom is -0.497 e. The second-order valence-electron chi connectivity index (χ2n) is 4.63. The fourth-order valence-corrected chi connectivity index (χ4v) is 1.89. The summed E-state index contributed by atoms with van der Waals surface area (Å²) < 4.78 is 5.15. The average molecular weight is 247 g/mol. The molecule has 2 heteroatoms. The molecule has 0 aliphatic heterocycles. The van der Waals surface area contributed by atoms with E-state index in [0.717, 1.165) is 31.7 Å². The van der Waals surface area contributed by atoms with Crippen molar-refractivity contribution in [2.24, 2.45) is 0 Å². The first-order valence-corrected chi connectivity index (χ1v) is 6.76. The second kappa shape index (κ2) is 8.76. The van der Waals surface area contributed by atoms with Crippen LogP contribution in [-0.2, 0) is 6.42 Å². The van der Waals surface area contributed by atoms with E-state index in [-0.39, 0.29) is 0 Å². The smallest absolute Gasteiger partial charge is 0.118 e. The normalized spacial score (nSPS) is 10.3. The van der Waals surface area contributed by atoms with Crippen LogP contribution in [0.1, 0.15) is 31.7 Å². The van der Waals surface area contributed by atoms with Gasteiger partial charge in [0.05, 0.1) is 7.11 Å². The van der Waals surface area contributed by atoms with Gasteiger partial charge in [0, 0.05) is 0 Å². The van der Waals surface area contributed by atoms with Crippen molar-refractivity contribution in [3.8, 4) is 5.75 Å². The SMILES string of the molecule is C=C(CCCNCCC)Cc1ccc(OC)cc1. The van der Waals surface area contributed by atoms with Gasteiger partial charge in [-0.3, -0.25) is 0 Å². The van der Waals surface area contributed by atoms with E-state index in [2.05, 4.69) is 31.0 Å². The summed E-state index contributed by atoms with van der Waals surface area (Å²) in [5.41, 5.74) is 2.61. The summed E-state index contributed by atoms with van der Waals surface area (Å²) in [5.74, 6) is 0.910. The Balaban J connectivity index is 2.22. The minimum atomic E-state index is 0.910. The van der Waals surface area contributed by atoms with Crippen LogP contribution in [0.15, 0.2) is 36.4 Å².